The number of nitrogens with zero attached hydrogens (tertiary/aromatic N) is 2. The number of hydrogen-bond donors (Lipinski definition) is 0. The zero-order valence-electron chi connectivity index (χ0n) is 11.7. The monoisotopic (exact) mass is 364 g/mol. The first-order valence-corrected chi connectivity index (χ1v) is 8.58. The van der Waals surface area contributed by atoms with Crippen LogP contribution in [0.25, 0.3) is 0 Å². The first-order valence-electron chi connectivity index (χ1n) is 6.35. The topological polar surface area (TPSA) is 40.6 Å². The van der Waals surface area contributed by atoms with Crippen LogP contribution in [-0.4, -0.2) is 50.8 Å². The molecule has 2 atom stereocenters. The molecule has 0 spiro atoms. The lowest BCUT2D eigenvalue weighted by Gasteiger charge is -2.22. The summed E-state index contributed by atoms with van der Waals surface area (Å²) in [5.74, 6) is -0.317. The fourth-order valence-corrected chi connectivity index (χ4v) is 4.38. The minimum absolute atomic E-state index is 0.00445. The van der Waals surface area contributed by atoms with Crippen LogP contribution >= 0.6 is 15.9 Å². The molecule has 1 aromatic carbocycles. The molecule has 20 heavy (non-hydrogen) atoms. The van der Waals surface area contributed by atoms with E-state index in [9.17, 15) is 12.8 Å². The van der Waals surface area contributed by atoms with Crippen LogP contribution in [0.2, 0.25) is 0 Å². The van der Waals surface area contributed by atoms with Crippen LogP contribution in [0.1, 0.15) is 6.92 Å². The Morgan fingerprint density at radius 3 is 2.50 bits per heavy atom. The van der Waals surface area contributed by atoms with E-state index in [0.29, 0.717) is 13.1 Å². The van der Waals surface area contributed by atoms with Crippen molar-refractivity contribution in [2.24, 2.45) is 5.92 Å². The fourth-order valence-electron chi connectivity index (χ4n) is 2.56. The van der Waals surface area contributed by atoms with Gasteiger partial charge in [0.05, 0.1) is 9.37 Å². The Kier molecular flexibility index (Phi) is 4.53. The highest BCUT2D eigenvalue weighted by Gasteiger charge is 2.38. The molecule has 112 valence electrons. The number of sulfonamides is 1. The van der Waals surface area contributed by atoms with E-state index in [0.717, 1.165) is 6.07 Å². The van der Waals surface area contributed by atoms with Gasteiger partial charge in [-0.1, -0.05) is 6.92 Å². The number of likely N-dealkylation sites (N-methyl/N-ethyl adjacent to an activating group) is 1. The quantitative estimate of drug-likeness (QED) is 0.824. The van der Waals surface area contributed by atoms with Crippen molar-refractivity contribution in [2.75, 3.05) is 27.2 Å². The molecule has 0 bridgehead atoms. The van der Waals surface area contributed by atoms with Crippen LogP contribution in [0.5, 0.6) is 0 Å². The van der Waals surface area contributed by atoms with Crippen molar-refractivity contribution >= 4 is 26.0 Å². The van der Waals surface area contributed by atoms with Crippen molar-refractivity contribution in [3.63, 3.8) is 0 Å². The van der Waals surface area contributed by atoms with Crippen molar-refractivity contribution in [1.29, 1.82) is 0 Å². The molecule has 7 heteroatoms. The van der Waals surface area contributed by atoms with Gasteiger partial charge >= 0.3 is 0 Å². The average Bonchev–Trinajstić information content (AvgIpc) is 2.75. The van der Waals surface area contributed by atoms with Gasteiger partial charge in [-0.2, -0.15) is 4.31 Å². The summed E-state index contributed by atoms with van der Waals surface area (Å²) < 4.78 is 40.3. The van der Waals surface area contributed by atoms with Gasteiger partial charge in [-0.05, 0) is 54.1 Å². The van der Waals surface area contributed by atoms with Crippen LogP contribution in [0.15, 0.2) is 27.6 Å². The SMILES string of the molecule is CC1CN(S(=O)(=O)c2ccc(Br)c(F)c2)CC1N(C)C. The van der Waals surface area contributed by atoms with Crippen molar-refractivity contribution in [2.45, 2.75) is 17.9 Å². The Labute approximate surface area is 127 Å². The van der Waals surface area contributed by atoms with Crippen LogP contribution < -0.4 is 0 Å². The van der Waals surface area contributed by atoms with Crippen molar-refractivity contribution in [3.05, 3.63) is 28.5 Å². The van der Waals surface area contributed by atoms with Gasteiger partial charge < -0.3 is 4.90 Å². The first-order chi connectivity index (χ1) is 9.23. The highest BCUT2D eigenvalue weighted by Crippen LogP contribution is 2.28. The summed E-state index contributed by atoms with van der Waals surface area (Å²) in [6, 6.07) is 4.10. The van der Waals surface area contributed by atoms with Crippen molar-refractivity contribution in [3.8, 4) is 0 Å². The maximum Gasteiger partial charge on any atom is 0.243 e. The van der Waals surface area contributed by atoms with Crippen LogP contribution in [0.3, 0.4) is 0 Å². The fraction of sp³-hybridized carbons (Fsp3) is 0.538. The third-order valence-electron chi connectivity index (χ3n) is 3.73. The maximum atomic E-state index is 13.5. The number of hydrogen-bond acceptors (Lipinski definition) is 3. The van der Waals surface area contributed by atoms with Gasteiger partial charge in [0.15, 0.2) is 0 Å². The third kappa shape index (κ3) is 2.90. The molecule has 1 aliphatic heterocycles. The maximum absolute atomic E-state index is 13.5. The van der Waals surface area contributed by atoms with E-state index >= 15 is 0 Å². The summed E-state index contributed by atoms with van der Waals surface area (Å²) in [5.41, 5.74) is 0. The van der Waals surface area contributed by atoms with Crippen LogP contribution in [-0.2, 0) is 10.0 Å². The summed E-state index contributed by atoms with van der Waals surface area (Å²) in [5, 5.41) is 0. The Balaban J connectivity index is 2.30. The normalized spacial score (nSPS) is 24.5. The molecule has 0 amide bonds. The molecule has 0 N–H and O–H groups in total. The summed E-state index contributed by atoms with van der Waals surface area (Å²) in [4.78, 5) is 2.03. The molecule has 0 aliphatic carbocycles. The van der Waals surface area contributed by atoms with E-state index in [-0.39, 0.29) is 21.3 Å². The second-order valence-electron chi connectivity index (χ2n) is 5.41. The van der Waals surface area contributed by atoms with E-state index in [1.165, 1.54) is 16.4 Å². The Morgan fingerprint density at radius 2 is 2.00 bits per heavy atom. The largest absolute Gasteiger partial charge is 0.305 e. The van der Waals surface area contributed by atoms with Crippen LogP contribution in [0, 0.1) is 11.7 Å². The molecule has 1 heterocycles. The third-order valence-corrected chi connectivity index (χ3v) is 6.20. The molecule has 1 aliphatic rings. The van der Waals surface area contributed by atoms with Gasteiger partial charge in [0.1, 0.15) is 5.82 Å². The lowest BCUT2D eigenvalue weighted by atomic mass is 10.1. The minimum Gasteiger partial charge on any atom is -0.305 e. The number of benzene rings is 1. The molecule has 1 fully saturated rings. The summed E-state index contributed by atoms with van der Waals surface area (Å²) in [7, 11) is 0.251. The van der Waals surface area contributed by atoms with Gasteiger partial charge in [0.25, 0.3) is 0 Å². The average molecular weight is 365 g/mol. The lowest BCUT2D eigenvalue weighted by molar-refractivity contribution is 0.263. The van der Waals surface area contributed by atoms with Crippen molar-refractivity contribution < 1.29 is 12.8 Å². The highest BCUT2D eigenvalue weighted by atomic mass is 79.9. The van der Waals surface area contributed by atoms with Crippen LogP contribution in [0.4, 0.5) is 4.39 Å². The molecular formula is C13H18BrFN2O2S. The standard InChI is InChI=1S/C13H18BrFN2O2S/c1-9-7-17(8-13(9)16(2)3)20(18,19)10-4-5-11(14)12(15)6-10/h4-6,9,13H,7-8H2,1-3H3. The molecule has 1 saturated heterocycles. The van der Waals surface area contributed by atoms with E-state index in [1.807, 2.05) is 25.9 Å². The molecule has 4 nitrogen and oxygen atoms in total. The van der Waals surface area contributed by atoms with E-state index in [2.05, 4.69) is 15.9 Å². The summed E-state index contributed by atoms with van der Waals surface area (Å²) >= 11 is 3.03. The molecular weight excluding hydrogens is 347 g/mol. The second-order valence-corrected chi connectivity index (χ2v) is 8.20. The van der Waals surface area contributed by atoms with Crippen molar-refractivity contribution in [1.82, 2.24) is 9.21 Å². The highest BCUT2D eigenvalue weighted by molar-refractivity contribution is 9.10. The van der Waals surface area contributed by atoms with Gasteiger partial charge in [0.2, 0.25) is 10.0 Å². The zero-order valence-corrected chi connectivity index (χ0v) is 14.1. The predicted molar refractivity (Wildman–Crippen MR) is 79.5 cm³/mol. The predicted octanol–water partition coefficient (Wildman–Crippen LogP) is 2.16. The Hall–Kier alpha value is -0.500. The molecule has 0 saturated carbocycles. The molecule has 1 aromatic rings. The molecule has 0 aromatic heterocycles. The van der Waals surface area contributed by atoms with E-state index in [1.54, 1.807) is 0 Å². The van der Waals surface area contributed by atoms with Gasteiger partial charge in [0, 0.05) is 19.1 Å². The van der Waals surface area contributed by atoms with Gasteiger partial charge in [-0.3, -0.25) is 0 Å². The molecule has 0 radical (unpaired) electrons. The lowest BCUT2D eigenvalue weighted by Crippen LogP contribution is -2.35. The minimum atomic E-state index is -3.63. The van der Waals surface area contributed by atoms with Gasteiger partial charge in [-0.15, -0.1) is 0 Å². The second kappa shape index (κ2) is 5.71. The Morgan fingerprint density at radius 1 is 1.35 bits per heavy atom. The molecule has 2 rings (SSSR count). The zero-order chi connectivity index (χ0) is 15.1. The van der Waals surface area contributed by atoms with E-state index in [4.69, 9.17) is 0 Å². The Bertz CT molecular complexity index is 606. The number of rotatable bonds is 3. The summed E-state index contributed by atoms with van der Waals surface area (Å²) in [6.07, 6.45) is 0. The summed E-state index contributed by atoms with van der Waals surface area (Å²) in [6.45, 7) is 2.93. The number of halogens is 2. The smallest absolute Gasteiger partial charge is 0.243 e. The van der Waals surface area contributed by atoms with Gasteiger partial charge in [-0.25, -0.2) is 12.8 Å². The molecule has 2 unspecified atom stereocenters. The first kappa shape index (κ1) is 15.9. The van der Waals surface area contributed by atoms with E-state index < -0.39 is 15.8 Å².